The fourth-order valence-corrected chi connectivity index (χ4v) is 3.55. The van der Waals surface area contributed by atoms with E-state index < -0.39 is 10.0 Å². The second kappa shape index (κ2) is 4.48. The Kier molecular flexibility index (Phi) is 2.93. The molecule has 1 saturated carbocycles. The van der Waals surface area contributed by atoms with Crippen molar-refractivity contribution in [1.29, 1.82) is 0 Å². The first-order valence-corrected chi connectivity index (χ1v) is 7.88. The maximum atomic E-state index is 11.9. The van der Waals surface area contributed by atoms with Crippen molar-refractivity contribution >= 4 is 21.4 Å². The number of ether oxygens (including phenoxy) is 2. The standard InChI is InChI=1S/C12H16N2O4S/c13-9-5-11-12(18-4-3-17-11)6-10(9)14-19(15,16)7-8-1-2-8/h5-6,8,14H,1-4,7,13H2. The van der Waals surface area contributed by atoms with E-state index in [9.17, 15) is 8.42 Å². The van der Waals surface area contributed by atoms with Crippen LogP contribution in [0.5, 0.6) is 11.5 Å². The summed E-state index contributed by atoms with van der Waals surface area (Å²) in [7, 11) is -3.35. The summed E-state index contributed by atoms with van der Waals surface area (Å²) in [4.78, 5) is 0. The number of sulfonamides is 1. The maximum Gasteiger partial charge on any atom is 0.233 e. The Bertz CT molecular complexity index is 596. The van der Waals surface area contributed by atoms with Crippen molar-refractivity contribution in [3.63, 3.8) is 0 Å². The van der Waals surface area contributed by atoms with Crippen molar-refractivity contribution in [1.82, 2.24) is 0 Å². The summed E-state index contributed by atoms with van der Waals surface area (Å²) in [6.07, 6.45) is 1.97. The van der Waals surface area contributed by atoms with E-state index >= 15 is 0 Å². The van der Waals surface area contributed by atoms with Gasteiger partial charge < -0.3 is 15.2 Å². The van der Waals surface area contributed by atoms with Crippen LogP contribution in [0.4, 0.5) is 11.4 Å². The SMILES string of the molecule is Nc1cc2c(cc1NS(=O)(=O)CC1CC1)OCCO2. The Morgan fingerprint density at radius 2 is 1.84 bits per heavy atom. The van der Waals surface area contributed by atoms with Gasteiger partial charge >= 0.3 is 0 Å². The molecular weight excluding hydrogens is 268 g/mol. The van der Waals surface area contributed by atoms with E-state index in [2.05, 4.69) is 4.72 Å². The molecular formula is C12H16N2O4S. The van der Waals surface area contributed by atoms with E-state index in [-0.39, 0.29) is 11.7 Å². The summed E-state index contributed by atoms with van der Waals surface area (Å²) in [6, 6.07) is 3.16. The maximum absolute atomic E-state index is 11.9. The number of anilines is 2. The lowest BCUT2D eigenvalue weighted by Gasteiger charge is -2.20. The number of nitrogen functional groups attached to an aromatic ring is 1. The molecule has 3 rings (SSSR count). The summed E-state index contributed by atoms with van der Waals surface area (Å²) >= 11 is 0. The molecule has 0 amide bonds. The van der Waals surface area contributed by atoms with Crippen molar-refractivity contribution in [2.24, 2.45) is 5.92 Å². The molecule has 104 valence electrons. The number of hydrogen-bond acceptors (Lipinski definition) is 5. The third-order valence-electron chi connectivity index (χ3n) is 3.13. The molecule has 1 fully saturated rings. The number of nitrogens with one attached hydrogen (secondary N) is 1. The molecule has 0 spiro atoms. The van der Waals surface area contributed by atoms with Crippen LogP contribution in [-0.4, -0.2) is 27.4 Å². The Labute approximate surface area is 111 Å². The Hall–Kier alpha value is -1.63. The highest BCUT2D eigenvalue weighted by Crippen LogP contribution is 2.38. The Morgan fingerprint density at radius 3 is 2.47 bits per heavy atom. The summed E-state index contributed by atoms with van der Waals surface area (Å²) in [5.74, 6) is 1.51. The van der Waals surface area contributed by atoms with Crippen molar-refractivity contribution < 1.29 is 17.9 Å². The Morgan fingerprint density at radius 1 is 1.21 bits per heavy atom. The fourth-order valence-electron chi connectivity index (χ4n) is 2.00. The molecule has 3 N–H and O–H groups in total. The van der Waals surface area contributed by atoms with Crippen LogP contribution in [-0.2, 0) is 10.0 Å². The van der Waals surface area contributed by atoms with Crippen LogP contribution in [0.15, 0.2) is 12.1 Å². The molecule has 0 radical (unpaired) electrons. The van der Waals surface area contributed by atoms with E-state index in [1.807, 2.05) is 0 Å². The molecule has 0 saturated heterocycles. The highest BCUT2D eigenvalue weighted by molar-refractivity contribution is 7.92. The number of benzene rings is 1. The van der Waals surface area contributed by atoms with Crippen LogP contribution >= 0.6 is 0 Å². The molecule has 7 heteroatoms. The van der Waals surface area contributed by atoms with Gasteiger partial charge in [0.25, 0.3) is 0 Å². The minimum absolute atomic E-state index is 0.154. The summed E-state index contributed by atoms with van der Waals surface area (Å²) in [5.41, 5.74) is 6.52. The predicted octanol–water partition coefficient (Wildman–Crippen LogP) is 1.19. The quantitative estimate of drug-likeness (QED) is 0.810. The van der Waals surface area contributed by atoms with Gasteiger partial charge in [-0.1, -0.05) is 0 Å². The second-order valence-corrected chi connectivity index (χ2v) is 6.68. The predicted molar refractivity (Wildman–Crippen MR) is 72.0 cm³/mol. The molecule has 1 heterocycles. The highest BCUT2D eigenvalue weighted by Gasteiger charge is 2.28. The average Bonchev–Trinajstić information content (AvgIpc) is 3.13. The summed E-state index contributed by atoms with van der Waals surface area (Å²) in [6.45, 7) is 0.921. The molecule has 1 aromatic carbocycles. The first-order valence-electron chi connectivity index (χ1n) is 6.23. The first kappa shape index (κ1) is 12.4. The van der Waals surface area contributed by atoms with Gasteiger partial charge in [-0.05, 0) is 18.8 Å². The third kappa shape index (κ3) is 2.86. The van der Waals surface area contributed by atoms with Crippen molar-refractivity contribution in [3.05, 3.63) is 12.1 Å². The zero-order chi connectivity index (χ0) is 13.5. The molecule has 1 aromatic rings. The van der Waals surface area contributed by atoms with Crippen molar-refractivity contribution in [2.45, 2.75) is 12.8 Å². The third-order valence-corrected chi connectivity index (χ3v) is 4.57. The smallest absolute Gasteiger partial charge is 0.233 e. The van der Waals surface area contributed by atoms with Crippen LogP contribution in [0, 0.1) is 5.92 Å². The van der Waals surface area contributed by atoms with Crippen LogP contribution < -0.4 is 19.9 Å². The number of nitrogens with two attached hydrogens (primary N) is 1. The number of hydrogen-bond donors (Lipinski definition) is 2. The summed E-state index contributed by atoms with van der Waals surface area (Å²) in [5, 5.41) is 0. The lowest BCUT2D eigenvalue weighted by Crippen LogP contribution is -2.20. The topological polar surface area (TPSA) is 90.7 Å². The lowest BCUT2D eigenvalue weighted by molar-refractivity contribution is 0.172. The van der Waals surface area contributed by atoms with Gasteiger partial charge in [-0.25, -0.2) is 8.42 Å². The van der Waals surface area contributed by atoms with Gasteiger partial charge in [-0.3, -0.25) is 4.72 Å². The van der Waals surface area contributed by atoms with Crippen molar-refractivity contribution in [2.75, 3.05) is 29.4 Å². The molecule has 0 aromatic heterocycles. The van der Waals surface area contributed by atoms with Crippen LogP contribution in [0.2, 0.25) is 0 Å². The Balaban J connectivity index is 1.83. The van der Waals surface area contributed by atoms with E-state index in [0.29, 0.717) is 36.1 Å². The van der Waals surface area contributed by atoms with E-state index in [0.717, 1.165) is 12.8 Å². The molecule has 19 heavy (non-hydrogen) atoms. The molecule has 0 atom stereocenters. The van der Waals surface area contributed by atoms with Gasteiger partial charge in [0.15, 0.2) is 11.5 Å². The fraction of sp³-hybridized carbons (Fsp3) is 0.500. The largest absolute Gasteiger partial charge is 0.486 e. The monoisotopic (exact) mass is 284 g/mol. The summed E-state index contributed by atoms with van der Waals surface area (Å²) < 4.78 is 37.2. The highest BCUT2D eigenvalue weighted by atomic mass is 32.2. The van der Waals surface area contributed by atoms with Gasteiger partial charge in [0.05, 0.1) is 17.1 Å². The average molecular weight is 284 g/mol. The van der Waals surface area contributed by atoms with E-state index in [1.165, 1.54) is 0 Å². The van der Waals surface area contributed by atoms with Gasteiger partial charge in [0.1, 0.15) is 13.2 Å². The molecule has 1 aliphatic carbocycles. The molecule has 1 aliphatic heterocycles. The molecule has 6 nitrogen and oxygen atoms in total. The second-order valence-electron chi connectivity index (χ2n) is 4.91. The van der Waals surface area contributed by atoms with Crippen LogP contribution in [0.25, 0.3) is 0 Å². The normalized spacial score (nSPS) is 18.1. The molecule has 0 bridgehead atoms. The van der Waals surface area contributed by atoms with Crippen molar-refractivity contribution in [3.8, 4) is 11.5 Å². The van der Waals surface area contributed by atoms with Crippen LogP contribution in [0.1, 0.15) is 12.8 Å². The van der Waals surface area contributed by atoms with Gasteiger partial charge in [-0.2, -0.15) is 0 Å². The minimum atomic E-state index is -3.35. The van der Waals surface area contributed by atoms with Gasteiger partial charge in [-0.15, -0.1) is 0 Å². The van der Waals surface area contributed by atoms with Crippen LogP contribution in [0.3, 0.4) is 0 Å². The molecule has 2 aliphatic rings. The minimum Gasteiger partial charge on any atom is -0.486 e. The van der Waals surface area contributed by atoms with E-state index in [1.54, 1.807) is 12.1 Å². The zero-order valence-corrected chi connectivity index (χ0v) is 11.2. The van der Waals surface area contributed by atoms with Gasteiger partial charge in [0.2, 0.25) is 10.0 Å². The lowest BCUT2D eigenvalue weighted by atomic mass is 10.2. The van der Waals surface area contributed by atoms with E-state index in [4.69, 9.17) is 15.2 Å². The van der Waals surface area contributed by atoms with Gasteiger partial charge in [0, 0.05) is 12.1 Å². The first-order chi connectivity index (χ1) is 9.03. The number of rotatable bonds is 4. The molecule has 0 unspecified atom stereocenters. The number of fused-ring (bicyclic) bond motifs is 1. The zero-order valence-electron chi connectivity index (χ0n) is 10.4.